The van der Waals surface area contributed by atoms with Gasteiger partial charge in [0.15, 0.2) is 11.5 Å². The van der Waals surface area contributed by atoms with E-state index in [1.165, 1.54) is 21.2 Å². The van der Waals surface area contributed by atoms with Crippen molar-refractivity contribution in [2.75, 3.05) is 13.7 Å². The van der Waals surface area contributed by atoms with Crippen molar-refractivity contribution < 1.29 is 23.9 Å². The summed E-state index contributed by atoms with van der Waals surface area (Å²) >= 11 is 0. The monoisotopic (exact) mass is 393 g/mol. The van der Waals surface area contributed by atoms with Gasteiger partial charge in [-0.1, -0.05) is 0 Å². The maximum atomic E-state index is 12.4. The minimum Gasteiger partial charge on any atom is -0.493 e. The number of esters is 1. The first-order valence-corrected chi connectivity index (χ1v) is 8.13. The first-order chi connectivity index (χ1) is 13.2. The van der Waals surface area contributed by atoms with Crippen LogP contribution in [0.3, 0.4) is 0 Å². The van der Waals surface area contributed by atoms with E-state index in [2.05, 4.69) is 0 Å². The lowest BCUT2D eigenvalue weighted by atomic mass is 10.1. The molecule has 0 unspecified atom stereocenters. The summed E-state index contributed by atoms with van der Waals surface area (Å²) in [5.41, 5.74) is -1.89. The predicted octanol–water partition coefficient (Wildman–Crippen LogP) is 0.756. The van der Waals surface area contributed by atoms with Crippen molar-refractivity contribution in [3.05, 3.63) is 60.4 Å². The third kappa shape index (κ3) is 4.03. The van der Waals surface area contributed by atoms with Gasteiger partial charge in [-0.05, 0) is 6.92 Å². The van der Waals surface area contributed by atoms with Gasteiger partial charge in [0.1, 0.15) is 12.2 Å². The molecule has 0 spiro atoms. The zero-order chi connectivity index (χ0) is 21.0. The molecule has 0 bridgehead atoms. The van der Waals surface area contributed by atoms with Crippen molar-refractivity contribution in [3.8, 4) is 11.5 Å². The molecule has 0 aliphatic carbocycles. The van der Waals surface area contributed by atoms with E-state index in [0.29, 0.717) is 0 Å². The lowest BCUT2D eigenvalue weighted by Crippen LogP contribution is -2.38. The van der Waals surface area contributed by atoms with Crippen LogP contribution >= 0.6 is 0 Å². The van der Waals surface area contributed by atoms with Crippen molar-refractivity contribution >= 4 is 11.7 Å². The van der Waals surface area contributed by atoms with Gasteiger partial charge in [-0.15, -0.1) is 0 Å². The molecule has 0 amide bonds. The highest BCUT2D eigenvalue weighted by Gasteiger charge is 2.26. The number of nitrogens with zero attached hydrogens (tertiary/aromatic N) is 3. The molecule has 2 rings (SSSR count). The van der Waals surface area contributed by atoms with E-state index in [-0.39, 0.29) is 29.4 Å². The summed E-state index contributed by atoms with van der Waals surface area (Å²) in [6, 6.07) is 3.36. The third-order valence-electron chi connectivity index (χ3n) is 3.97. The molecule has 0 aliphatic rings. The van der Waals surface area contributed by atoms with Gasteiger partial charge < -0.3 is 14.2 Å². The van der Waals surface area contributed by atoms with Crippen LogP contribution in [0.2, 0.25) is 0 Å². The Labute approximate surface area is 158 Å². The third-order valence-corrected chi connectivity index (χ3v) is 3.97. The Bertz CT molecular complexity index is 1040. The predicted molar refractivity (Wildman–Crippen MR) is 96.9 cm³/mol. The second kappa shape index (κ2) is 8.37. The van der Waals surface area contributed by atoms with E-state index in [1.807, 2.05) is 0 Å². The first-order valence-electron chi connectivity index (χ1n) is 8.13. The van der Waals surface area contributed by atoms with Crippen molar-refractivity contribution in [3.63, 3.8) is 0 Å². The van der Waals surface area contributed by atoms with Crippen LogP contribution < -0.4 is 20.7 Å². The molecular weight excluding hydrogens is 374 g/mol. The SMILES string of the molecule is CCOc1cc([N+](=O)[O-])c(C(=O)OCc2cc(=O)n(C)c(=O)n2C)cc1OC. The molecule has 11 heteroatoms. The van der Waals surface area contributed by atoms with Gasteiger partial charge in [0.05, 0.1) is 30.4 Å². The molecule has 0 saturated heterocycles. The van der Waals surface area contributed by atoms with Crippen LogP contribution in [0.1, 0.15) is 23.0 Å². The molecule has 1 aromatic carbocycles. The zero-order valence-electron chi connectivity index (χ0n) is 15.8. The van der Waals surface area contributed by atoms with Crippen LogP contribution in [0.4, 0.5) is 5.69 Å². The van der Waals surface area contributed by atoms with Crippen molar-refractivity contribution in [1.29, 1.82) is 0 Å². The minimum absolute atomic E-state index is 0.113. The van der Waals surface area contributed by atoms with Crippen LogP contribution in [0.15, 0.2) is 27.8 Å². The molecule has 0 aliphatic heterocycles. The molecule has 11 nitrogen and oxygen atoms in total. The van der Waals surface area contributed by atoms with Crippen LogP contribution in [0, 0.1) is 10.1 Å². The van der Waals surface area contributed by atoms with Crippen molar-refractivity contribution in [2.24, 2.45) is 14.1 Å². The Morgan fingerprint density at radius 2 is 1.82 bits per heavy atom. The highest BCUT2D eigenvalue weighted by Crippen LogP contribution is 2.35. The number of nitro groups is 1. The van der Waals surface area contributed by atoms with E-state index in [1.54, 1.807) is 6.92 Å². The van der Waals surface area contributed by atoms with Crippen LogP contribution in [-0.2, 0) is 25.4 Å². The number of benzene rings is 1. The Kier molecular flexibility index (Phi) is 6.18. The second-order valence-corrected chi connectivity index (χ2v) is 5.66. The number of hydrogen-bond donors (Lipinski definition) is 0. The summed E-state index contributed by atoms with van der Waals surface area (Å²) in [6.45, 7) is 1.52. The molecule has 0 fully saturated rings. The van der Waals surface area contributed by atoms with Crippen LogP contribution in [0.5, 0.6) is 11.5 Å². The standard InChI is InChI=1S/C17H19N3O8/c1-5-27-14-8-12(20(24)25)11(7-13(14)26-4)16(22)28-9-10-6-15(21)19(3)17(23)18(10)2/h6-8H,5,9H2,1-4H3. The largest absolute Gasteiger partial charge is 0.493 e. The van der Waals surface area contributed by atoms with Gasteiger partial charge in [-0.2, -0.15) is 0 Å². The number of aromatic nitrogens is 2. The van der Waals surface area contributed by atoms with Gasteiger partial charge in [-0.3, -0.25) is 24.0 Å². The van der Waals surface area contributed by atoms with Gasteiger partial charge >= 0.3 is 11.7 Å². The summed E-state index contributed by atoms with van der Waals surface area (Å²) < 4.78 is 17.5. The first kappa shape index (κ1) is 20.7. The second-order valence-electron chi connectivity index (χ2n) is 5.66. The Hall–Kier alpha value is -3.63. The Morgan fingerprint density at radius 1 is 1.14 bits per heavy atom. The van der Waals surface area contributed by atoms with E-state index >= 15 is 0 Å². The molecule has 0 atom stereocenters. The average Bonchev–Trinajstić information content (AvgIpc) is 2.67. The zero-order valence-corrected chi connectivity index (χ0v) is 15.8. The lowest BCUT2D eigenvalue weighted by molar-refractivity contribution is -0.385. The van der Waals surface area contributed by atoms with E-state index < -0.39 is 34.4 Å². The van der Waals surface area contributed by atoms with Gasteiger partial charge in [0.25, 0.3) is 11.2 Å². The molecule has 0 saturated carbocycles. The molecule has 2 aromatic rings. The van der Waals surface area contributed by atoms with Crippen molar-refractivity contribution in [1.82, 2.24) is 9.13 Å². The number of carbonyl (C=O) groups excluding carboxylic acids is 1. The van der Waals surface area contributed by atoms with Gasteiger partial charge in [0.2, 0.25) is 0 Å². The number of rotatable bonds is 7. The Morgan fingerprint density at radius 3 is 2.39 bits per heavy atom. The maximum Gasteiger partial charge on any atom is 0.345 e. The number of hydrogen-bond acceptors (Lipinski definition) is 8. The minimum atomic E-state index is -1.01. The quantitative estimate of drug-likeness (QED) is 0.382. The summed E-state index contributed by atoms with van der Waals surface area (Å²) in [5.74, 6) is -0.774. The van der Waals surface area contributed by atoms with E-state index in [0.717, 1.165) is 27.3 Å². The van der Waals surface area contributed by atoms with E-state index in [9.17, 15) is 24.5 Å². The Balaban J connectivity index is 2.38. The molecule has 1 aromatic heterocycles. The molecule has 0 N–H and O–H groups in total. The normalized spacial score (nSPS) is 10.4. The van der Waals surface area contributed by atoms with E-state index in [4.69, 9.17) is 14.2 Å². The van der Waals surface area contributed by atoms with Gasteiger partial charge in [0, 0.05) is 26.2 Å². The molecule has 1 heterocycles. The van der Waals surface area contributed by atoms with Gasteiger partial charge in [-0.25, -0.2) is 9.59 Å². The number of nitro benzene ring substituents is 1. The fraction of sp³-hybridized carbons (Fsp3) is 0.353. The molecular formula is C17H19N3O8. The smallest absolute Gasteiger partial charge is 0.345 e. The van der Waals surface area contributed by atoms with Crippen LogP contribution in [-0.4, -0.2) is 33.7 Å². The summed E-state index contributed by atoms with van der Waals surface area (Å²) in [4.78, 5) is 46.7. The number of methoxy groups -OCH3 is 1. The molecule has 150 valence electrons. The highest BCUT2D eigenvalue weighted by molar-refractivity contribution is 5.95. The van der Waals surface area contributed by atoms with Crippen LogP contribution in [0.25, 0.3) is 0 Å². The molecule has 0 radical (unpaired) electrons. The summed E-state index contributed by atoms with van der Waals surface area (Å²) in [7, 11) is 4.05. The highest BCUT2D eigenvalue weighted by atomic mass is 16.6. The molecule has 28 heavy (non-hydrogen) atoms. The summed E-state index contributed by atoms with van der Waals surface area (Å²) in [5, 5.41) is 11.3. The number of carbonyl (C=O) groups is 1. The fourth-order valence-corrected chi connectivity index (χ4v) is 2.43. The fourth-order valence-electron chi connectivity index (χ4n) is 2.43. The summed E-state index contributed by atoms with van der Waals surface area (Å²) in [6.07, 6.45) is 0. The van der Waals surface area contributed by atoms with Crippen molar-refractivity contribution in [2.45, 2.75) is 13.5 Å². The average molecular weight is 393 g/mol. The lowest BCUT2D eigenvalue weighted by Gasteiger charge is -2.12. The number of ether oxygens (including phenoxy) is 3. The topological polar surface area (TPSA) is 132 Å². The maximum absolute atomic E-state index is 12.4.